The van der Waals surface area contributed by atoms with Crippen molar-refractivity contribution in [3.63, 3.8) is 0 Å². The van der Waals surface area contributed by atoms with E-state index >= 15 is 0 Å². The Morgan fingerprint density at radius 3 is 2.58 bits per heavy atom. The molecule has 0 aliphatic rings. The highest BCUT2D eigenvalue weighted by Gasteiger charge is 2.18. The summed E-state index contributed by atoms with van der Waals surface area (Å²) in [6.45, 7) is 3.92. The van der Waals surface area contributed by atoms with Gasteiger partial charge in [-0.15, -0.1) is 0 Å². The Bertz CT molecular complexity index is 1090. The Hall–Kier alpha value is -2.86. The van der Waals surface area contributed by atoms with Crippen LogP contribution in [-0.2, 0) is 7.05 Å². The van der Waals surface area contributed by atoms with Crippen LogP contribution in [0.2, 0.25) is 5.02 Å². The lowest BCUT2D eigenvalue weighted by atomic mass is 10.1. The van der Waals surface area contributed by atoms with E-state index in [-0.39, 0.29) is 5.69 Å². The van der Waals surface area contributed by atoms with Crippen molar-refractivity contribution in [3.05, 3.63) is 62.5 Å². The topological polar surface area (TPSA) is 73.2 Å². The van der Waals surface area contributed by atoms with Crippen LogP contribution >= 0.6 is 11.6 Å². The third-order valence-corrected chi connectivity index (χ3v) is 4.55. The summed E-state index contributed by atoms with van der Waals surface area (Å²) in [7, 11) is 3.11. The van der Waals surface area contributed by atoms with Gasteiger partial charge in [-0.25, -0.2) is 4.98 Å². The molecule has 0 fully saturated rings. The number of carbonyl (C=O) groups excluding carboxylic acids is 1. The second kappa shape index (κ2) is 6.80. The number of aryl methyl sites for hydroxylation is 3. The minimum Gasteiger partial charge on any atom is -0.495 e. The van der Waals surface area contributed by atoms with Crippen molar-refractivity contribution >= 4 is 34.2 Å². The van der Waals surface area contributed by atoms with E-state index in [1.807, 2.05) is 26.0 Å². The molecule has 2 aromatic carbocycles. The van der Waals surface area contributed by atoms with Gasteiger partial charge in [-0.1, -0.05) is 11.6 Å². The molecule has 0 saturated carbocycles. The van der Waals surface area contributed by atoms with E-state index in [2.05, 4.69) is 10.3 Å². The normalized spacial score (nSPS) is 10.8. The maximum atomic E-state index is 12.7. The monoisotopic (exact) mass is 371 g/mol. The van der Waals surface area contributed by atoms with Crippen LogP contribution in [0.3, 0.4) is 0 Å². The number of hydrogen-bond acceptors (Lipinski definition) is 4. The molecular weight excluding hydrogens is 354 g/mol. The quantitative estimate of drug-likeness (QED) is 0.765. The minimum absolute atomic E-state index is 0.190. The van der Waals surface area contributed by atoms with Crippen LogP contribution in [-0.4, -0.2) is 22.6 Å². The number of anilines is 1. The van der Waals surface area contributed by atoms with Gasteiger partial charge in [-0.05, 0) is 55.3 Å². The lowest BCUT2D eigenvalue weighted by Gasteiger charge is -2.12. The Morgan fingerprint density at radius 1 is 1.19 bits per heavy atom. The molecule has 3 rings (SSSR count). The van der Waals surface area contributed by atoms with Gasteiger partial charge in [0.2, 0.25) is 0 Å². The molecule has 0 atom stereocenters. The number of nitrogens with one attached hydrogen (secondary N) is 1. The van der Waals surface area contributed by atoms with Gasteiger partial charge in [0, 0.05) is 12.1 Å². The van der Waals surface area contributed by atoms with Crippen molar-refractivity contribution in [2.75, 3.05) is 12.4 Å². The van der Waals surface area contributed by atoms with Gasteiger partial charge < -0.3 is 14.6 Å². The molecule has 6 nitrogen and oxygen atoms in total. The van der Waals surface area contributed by atoms with Crippen LogP contribution in [0.25, 0.3) is 11.0 Å². The number of methoxy groups -OCH3 is 1. The Labute approximate surface area is 155 Å². The molecule has 7 heteroatoms. The van der Waals surface area contributed by atoms with Crippen LogP contribution in [0.1, 0.15) is 21.6 Å². The zero-order valence-electron chi connectivity index (χ0n) is 14.9. The summed E-state index contributed by atoms with van der Waals surface area (Å²) < 4.78 is 6.64. The molecule has 0 unspecified atom stereocenters. The van der Waals surface area contributed by atoms with Crippen molar-refractivity contribution in [3.8, 4) is 5.75 Å². The van der Waals surface area contributed by atoms with Gasteiger partial charge in [0.15, 0.2) is 5.69 Å². The molecule has 0 radical (unpaired) electrons. The molecule has 0 spiro atoms. The summed E-state index contributed by atoms with van der Waals surface area (Å²) in [5.41, 5.74) is 3.05. The number of fused-ring (bicyclic) bond motifs is 1. The largest absolute Gasteiger partial charge is 0.495 e. The highest BCUT2D eigenvalue weighted by molar-refractivity contribution is 6.31. The summed E-state index contributed by atoms with van der Waals surface area (Å²) >= 11 is 5.98. The highest BCUT2D eigenvalue weighted by Crippen LogP contribution is 2.28. The summed E-state index contributed by atoms with van der Waals surface area (Å²) in [6, 6.07) is 8.59. The standard InChI is InChI=1S/C19H18ClN3O3/c1-10-7-13-15(8-11(10)2)23(3)19(25)17(21-13)18(24)22-14-9-12(20)5-6-16(14)26-4/h5-9H,1-4H3,(H,22,24). The fourth-order valence-corrected chi connectivity index (χ4v) is 2.86. The molecule has 0 saturated heterocycles. The number of hydrogen-bond donors (Lipinski definition) is 1. The molecule has 1 N–H and O–H groups in total. The molecular formula is C19H18ClN3O3. The third kappa shape index (κ3) is 3.15. The fraction of sp³-hybridized carbons (Fsp3) is 0.211. The number of aromatic nitrogens is 2. The first kappa shape index (κ1) is 17.9. The SMILES string of the molecule is COc1ccc(Cl)cc1NC(=O)c1nc2cc(C)c(C)cc2n(C)c1=O. The summed E-state index contributed by atoms with van der Waals surface area (Å²) in [4.78, 5) is 29.6. The van der Waals surface area contributed by atoms with Crippen molar-refractivity contribution < 1.29 is 9.53 Å². The van der Waals surface area contributed by atoms with Gasteiger partial charge in [0.05, 0.1) is 23.8 Å². The van der Waals surface area contributed by atoms with Crippen LogP contribution < -0.4 is 15.6 Å². The minimum atomic E-state index is -0.619. The first-order valence-electron chi connectivity index (χ1n) is 7.94. The Morgan fingerprint density at radius 2 is 1.88 bits per heavy atom. The van der Waals surface area contributed by atoms with Crippen molar-refractivity contribution in [1.82, 2.24) is 9.55 Å². The molecule has 0 aliphatic carbocycles. The fourth-order valence-electron chi connectivity index (χ4n) is 2.69. The van der Waals surface area contributed by atoms with E-state index in [1.165, 1.54) is 11.7 Å². The van der Waals surface area contributed by atoms with Gasteiger partial charge in [-0.2, -0.15) is 0 Å². The summed E-state index contributed by atoms with van der Waals surface area (Å²) in [5.74, 6) is -0.182. The van der Waals surface area contributed by atoms with E-state index in [1.54, 1.807) is 25.2 Å². The number of benzene rings is 2. The predicted molar refractivity (Wildman–Crippen MR) is 102 cm³/mol. The number of nitrogens with zero attached hydrogens (tertiary/aromatic N) is 2. The van der Waals surface area contributed by atoms with Crippen LogP contribution in [0.5, 0.6) is 5.75 Å². The maximum absolute atomic E-state index is 12.7. The highest BCUT2D eigenvalue weighted by atomic mass is 35.5. The van der Waals surface area contributed by atoms with E-state index < -0.39 is 11.5 Å². The number of halogens is 1. The van der Waals surface area contributed by atoms with Gasteiger partial charge in [-0.3, -0.25) is 9.59 Å². The maximum Gasteiger partial charge on any atom is 0.282 e. The number of ether oxygens (including phenoxy) is 1. The molecule has 1 amide bonds. The van der Waals surface area contributed by atoms with E-state index in [0.29, 0.717) is 27.5 Å². The van der Waals surface area contributed by atoms with E-state index in [0.717, 1.165) is 11.1 Å². The average Bonchev–Trinajstić information content (AvgIpc) is 2.60. The van der Waals surface area contributed by atoms with Crippen LogP contribution in [0.15, 0.2) is 35.1 Å². The van der Waals surface area contributed by atoms with E-state index in [4.69, 9.17) is 16.3 Å². The van der Waals surface area contributed by atoms with Crippen molar-refractivity contribution in [2.45, 2.75) is 13.8 Å². The van der Waals surface area contributed by atoms with Crippen molar-refractivity contribution in [2.24, 2.45) is 7.05 Å². The lowest BCUT2D eigenvalue weighted by Crippen LogP contribution is -2.30. The number of amides is 1. The second-order valence-electron chi connectivity index (χ2n) is 6.05. The molecule has 134 valence electrons. The molecule has 1 aromatic heterocycles. The van der Waals surface area contributed by atoms with Crippen molar-refractivity contribution in [1.29, 1.82) is 0 Å². The van der Waals surface area contributed by atoms with Crippen LogP contribution in [0, 0.1) is 13.8 Å². The number of rotatable bonds is 3. The number of carbonyl (C=O) groups is 1. The summed E-state index contributed by atoms with van der Waals surface area (Å²) in [6.07, 6.45) is 0. The first-order valence-corrected chi connectivity index (χ1v) is 8.32. The molecule has 0 aliphatic heterocycles. The Kier molecular flexibility index (Phi) is 4.70. The van der Waals surface area contributed by atoms with Crippen LogP contribution in [0.4, 0.5) is 5.69 Å². The van der Waals surface area contributed by atoms with E-state index in [9.17, 15) is 9.59 Å². The first-order chi connectivity index (χ1) is 12.3. The molecule has 3 aromatic rings. The van der Waals surface area contributed by atoms with Gasteiger partial charge in [0.25, 0.3) is 11.5 Å². The zero-order chi connectivity index (χ0) is 19.0. The zero-order valence-corrected chi connectivity index (χ0v) is 15.6. The smallest absolute Gasteiger partial charge is 0.282 e. The average molecular weight is 372 g/mol. The summed E-state index contributed by atoms with van der Waals surface area (Å²) in [5, 5.41) is 3.09. The van der Waals surface area contributed by atoms with Gasteiger partial charge in [0.1, 0.15) is 5.75 Å². The second-order valence-corrected chi connectivity index (χ2v) is 6.48. The predicted octanol–water partition coefficient (Wildman–Crippen LogP) is 3.46. The molecule has 1 heterocycles. The third-order valence-electron chi connectivity index (χ3n) is 4.32. The molecule has 0 bridgehead atoms. The van der Waals surface area contributed by atoms with Gasteiger partial charge >= 0.3 is 0 Å². The Balaban J connectivity index is 2.09. The lowest BCUT2D eigenvalue weighted by molar-refractivity contribution is 0.102. The molecule has 26 heavy (non-hydrogen) atoms.